The fourth-order valence-electron chi connectivity index (χ4n) is 6.64. The van der Waals surface area contributed by atoms with Crippen LogP contribution in [0.25, 0.3) is 87.6 Å². The molecule has 1 heteroatoms. The van der Waals surface area contributed by atoms with Crippen molar-refractivity contribution in [2.75, 3.05) is 0 Å². The summed E-state index contributed by atoms with van der Waals surface area (Å²) in [6.45, 7) is 0. The van der Waals surface area contributed by atoms with Gasteiger partial charge in [-0.05, 0) is 83.5 Å². The van der Waals surface area contributed by atoms with Crippen molar-refractivity contribution in [2.24, 2.45) is 0 Å². The minimum atomic E-state index is -0.249. The summed E-state index contributed by atoms with van der Waals surface area (Å²) in [6.07, 6.45) is 0. The highest BCUT2D eigenvalue weighted by Crippen LogP contribution is 2.46. The van der Waals surface area contributed by atoms with Gasteiger partial charge in [0.15, 0.2) is 0 Å². The summed E-state index contributed by atoms with van der Waals surface area (Å²) in [6, 6.07) is 44.4. The Bertz CT molecular complexity index is 2730. The second-order valence-electron chi connectivity index (χ2n) is 11.0. The van der Waals surface area contributed by atoms with E-state index >= 15 is 0 Å². The van der Waals surface area contributed by atoms with Gasteiger partial charge in [0.05, 0.1) is 5.48 Å². The van der Waals surface area contributed by atoms with Gasteiger partial charge in [0.2, 0.25) is 0 Å². The van der Waals surface area contributed by atoms with Gasteiger partial charge in [-0.15, -0.1) is 0 Å². The quantitative estimate of drug-likeness (QED) is 0.157. The minimum absolute atomic E-state index is 0.0460. The Labute approximate surface area is 254 Å². The van der Waals surface area contributed by atoms with E-state index in [1.807, 2.05) is 72.8 Å². The van der Waals surface area contributed by atoms with Gasteiger partial charge in [0, 0.05) is 10.9 Å². The van der Waals surface area contributed by atoms with Crippen molar-refractivity contribution in [3.8, 4) is 33.6 Å². The lowest BCUT2D eigenvalue weighted by Crippen LogP contribution is -1.90. The van der Waals surface area contributed by atoms with E-state index in [1.165, 1.54) is 10.8 Å². The molecule has 0 N–H and O–H groups in total. The zero-order valence-electron chi connectivity index (χ0n) is 27.1. The molecule has 1 aromatic heterocycles. The van der Waals surface area contributed by atoms with Crippen LogP contribution in [0.4, 0.5) is 0 Å². The van der Waals surface area contributed by atoms with Crippen LogP contribution in [0, 0.1) is 0 Å². The molecule has 0 aliphatic carbocycles. The smallest absolute Gasteiger partial charge is 0.135 e. The van der Waals surface area contributed by atoms with Crippen LogP contribution >= 0.6 is 0 Å². The summed E-state index contributed by atoms with van der Waals surface area (Å²) in [5, 5.41) is 8.43. The Balaban J connectivity index is 1.37. The van der Waals surface area contributed by atoms with Crippen molar-refractivity contribution in [3.05, 3.63) is 158 Å². The molecule has 8 aromatic carbocycles. The Morgan fingerprint density at radius 2 is 1.07 bits per heavy atom. The van der Waals surface area contributed by atoms with Gasteiger partial charge in [-0.2, -0.15) is 0 Å². The second kappa shape index (κ2) is 9.44. The summed E-state index contributed by atoms with van der Waals surface area (Å²) in [5.74, 6) is 0.735. The van der Waals surface area contributed by atoms with Gasteiger partial charge in [0.1, 0.15) is 11.3 Å². The summed E-state index contributed by atoms with van der Waals surface area (Å²) < 4.78 is 42.2. The maximum atomic E-state index is 9.23. The maximum Gasteiger partial charge on any atom is 0.135 e. The highest BCUT2D eigenvalue weighted by molar-refractivity contribution is 6.23. The first-order chi connectivity index (χ1) is 23.0. The summed E-state index contributed by atoms with van der Waals surface area (Å²) in [5.41, 5.74) is 5.00. The Kier molecular flexibility index (Phi) is 4.45. The standard InChI is InChI=1S/C42H26O/c1-2-12-29(13-3-1)41-32-15-6-8-17-34(32)42(35-18-9-7-16-33(35)41)36-19-10-20-39-38(36)26-40(43-39)30-24-23-28-22-21-27-11-4-5-14-31(27)37(28)25-30/h1-26H/i6D,8D,15D,17D. The Morgan fingerprint density at radius 1 is 0.419 bits per heavy atom. The van der Waals surface area contributed by atoms with Crippen molar-refractivity contribution >= 4 is 54.1 Å². The van der Waals surface area contributed by atoms with Crippen LogP contribution in [0.2, 0.25) is 0 Å². The molecule has 0 saturated carbocycles. The monoisotopic (exact) mass is 550 g/mol. The molecule has 43 heavy (non-hydrogen) atoms. The third kappa shape index (κ3) is 3.72. The molecule has 9 aromatic rings. The van der Waals surface area contributed by atoms with Crippen LogP contribution in [0.5, 0.6) is 0 Å². The molecule has 200 valence electrons. The fourth-order valence-corrected chi connectivity index (χ4v) is 6.64. The zero-order chi connectivity index (χ0) is 31.8. The molecular formula is C42H26O. The summed E-state index contributed by atoms with van der Waals surface area (Å²) >= 11 is 0. The molecule has 0 atom stereocenters. The van der Waals surface area contributed by atoms with Gasteiger partial charge in [-0.1, -0.05) is 139 Å². The lowest BCUT2D eigenvalue weighted by molar-refractivity contribution is 0.632. The Morgan fingerprint density at radius 3 is 1.88 bits per heavy atom. The van der Waals surface area contributed by atoms with Crippen LogP contribution < -0.4 is 0 Å². The van der Waals surface area contributed by atoms with E-state index < -0.39 is 0 Å². The zero-order valence-corrected chi connectivity index (χ0v) is 23.1. The number of rotatable bonds is 3. The van der Waals surface area contributed by atoms with E-state index in [0.29, 0.717) is 16.4 Å². The molecule has 0 aliphatic rings. The molecule has 1 nitrogen and oxygen atoms in total. The average molecular weight is 551 g/mol. The number of hydrogen-bond acceptors (Lipinski definition) is 1. The van der Waals surface area contributed by atoms with Gasteiger partial charge < -0.3 is 4.42 Å². The topological polar surface area (TPSA) is 13.1 Å². The predicted octanol–water partition coefficient (Wildman–Crippen LogP) is 12.0. The first kappa shape index (κ1) is 20.3. The predicted molar refractivity (Wildman–Crippen MR) is 183 cm³/mol. The highest BCUT2D eigenvalue weighted by atomic mass is 16.3. The van der Waals surface area contributed by atoms with Gasteiger partial charge in [-0.25, -0.2) is 0 Å². The van der Waals surface area contributed by atoms with Crippen LogP contribution in [0.15, 0.2) is 162 Å². The maximum absolute atomic E-state index is 9.23. The van der Waals surface area contributed by atoms with Crippen molar-refractivity contribution in [1.82, 2.24) is 0 Å². The molecule has 0 unspecified atom stereocenters. The first-order valence-electron chi connectivity index (χ1n) is 16.4. The molecular weight excluding hydrogens is 520 g/mol. The van der Waals surface area contributed by atoms with Crippen molar-refractivity contribution in [3.63, 3.8) is 0 Å². The van der Waals surface area contributed by atoms with Crippen LogP contribution in [0.1, 0.15) is 5.48 Å². The van der Waals surface area contributed by atoms with Gasteiger partial charge in [0.25, 0.3) is 0 Å². The molecule has 0 amide bonds. The molecule has 0 radical (unpaired) electrons. The normalized spacial score (nSPS) is 13.0. The largest absolute Gasteiger partial charge is 0.456 e. The van der Waals surface area contributed by atoms with Crippen molar-refractivity contribution in [1.29, 1.82) is 0 Å². The van der Waals surface area contributed by atoms with E-state index in [-0.39, 0.29) is 24.2 Å². The summed E-state index contributed by atoms with van der Waals surface area (Å²) in [7, 11) is 0. The van der Waals surface area contributed by atoms with Crippen molar-refractivity contribution in [2.45, 2.75) is 0 Å². The van der Waals surface area contributed by atoms with E-state index in [0.717, 1.165) is 60.5 Å². The van der Waals surface area contributed by atoms with Crippen LogP contribution in [-0.4, -0.2) is 0 Å². The van der Waals surface area contributed by atoms with Crippen molar-refractivity contribution < 1.29 is 9.90 Å². The van der Waals surface area contributed by atoms with Crippen LogP contribution in [-0.2, 0) is 0 Å². The lowest BCUT2D eigenvalue weighted by atomic mass is 9.85. The minimum Gasteiger partial charge on any atom is -0.456 e. The Hall–Kier alpha value is -5.66. The lowest BCUT2D eigenvalue weighted by Gasteiger charge is -2.18. The average Bonchev–Trinajstić information content (AvgIpc) is 3.57. The number of furan rings is 1. The molecule has 0 saturated heterocycles. The van der Waals surface area contributed by atoms with E-state index in [4.69, 9.17) is 8.53 Å². The van der Waals surface area contributed by atoms with Gasteiger partial charge >= 0.3 is 0 Å². The van der Waals surface area contributed by atoms with E-state index in [9.17, 15) is 1.37 Å². The van der Waals surface area contributed by atoms with E-state index in [1.54, 1.807) is 0 Å². The van der Waals surface area contributed by atoms with Crippen LogP contribution in [0.3, 0.4) is 0 Å². The highest BCUT2D eigenvalue weighted by Gasteiger charge is 2.19. The molecule has 9 rings (SSSR count). The summed E-state index contributed by atoms with van der Waals surface area (Å²) in [4.78, 5) is 0. The van der Waals surface area contributed by atoms with Gasteiger partial charge in [-0.3, -0.25) is 0 Å². The number of benzene rings is 8. The molecule has 0 spiro atoms. The van der Waals surface area contributed by atoms with E-state index in [2.05, 4.69) is 60.7 Å². The fraction of sp³-hybridized carbons (Fsp3) is 0. The SMILES string of the molecule is [2H]c1c([2H])c([2H])c2c(-c3cccc4oc(-c5ccc6ccc7ccccc7c6c5)cc34)c3ccccc3c(-c3ccccc3)c2c1[2H]. The number of fused-ring (bicyclic) bond motifs is 6. The molecule has 1 heterocycles. The molecule has 0 aliphatic heterocycles. The molecule has 0 fully saturated rings. The number of hydrogen-bond donors (Lipinski definition) is 0. The third-order valence-electron chi connectivity index (χ3n) is 8.58. The molecule has 0 bridgehead atoms. The third-order valence-corrected chi connectivity index (χ3v) is 8.58. The first-order valence-corrected chi connectivity index (χ1v) is 14.4. The second-order valence-corrected chi connectivity index (χ2v) is 11.0.